The zero-order valence-electron chi connectivity index (χ0n) is 20.7. The molecule has 1 aliphatic rings. The third-order valence-corrected chi connectivity index (χ3v) is 8.29. The predicted octanol–water partition coefficient (Wildman–Crippen LogP) is 4.10. The summed E-state index contributed by atoms with van der Waals surface area (Å²) in [6.07, 6.45) is 1.42. The van der Waals surface area contributed by atoms with Gasteiger partial charge in [-0.15, -0.1) is 11.3 Å². The van der Waals surface area contributed by atoms with Crippen LogP contribution in [-0.2, 0) is 19.6 Å². The molecule has 1 aliphatic heterocycles. The highest BCUT2D eigenvalue weighted by Gasteiger charge is 2.27. The molecule has 0 spiro atoms. The van der Waals surface area contributed by atoms with Crippen LogP contribution in [0.5, 0.6) is 0 Å². The lowest BCUT2D eigenvalue weighted by Gasteiger charge is -2.21. The van der Waals surface area contributed by atoms with Gasteiger partial charge in [0.2, 0.25) is 11.9 Å². The topological polar surface area (TPSA) is 135 Å². The number of thiazole rings is 1. The Balaban J connectivity index is 1.59. The van der Waals surface area contributed by atoms with Gasteiger partial charge in [0.1, 0.15) is 21.5 Å². The number of nitrogens with zero attached hydrogens (tertiary/aromatic N) is 3. The summed E-state index contributed by atoms with van der Waals surface area (Å²) < 4.78 is 77.0. The Hall–Kier alpha value is -3.92. The summed E-state index contributed by atoms with van der Waals surface area (Å²) in [6, 6.07) is 7.16. The maximum absolute atomic E-state index is 15.9. The van der Waals surface area contributed by atoms with Gasteiger partial charge >= 0.3 is 0 Å². The molecule has 0 saturated carbocycles. The van der Waals surface area contributed by atoms with E-state index in [1.165, 1.54) is 36.6 Å². The molecule has 2 aromatic heterocycles. The van der Waals surface area contributed by atoms with Crippen molar-refractivity contribution in [3.63, 3.8) is 0 Å². The van der Waals surface area contributed by atoms with Crippen molar-refractivity contribution in [2.45, 2.75) is 17.9 Å². The quantitative estimate of drug-likeness (QED) is 0.293. The number of rotatable bonds is 7. The second-order valence-electron chi connectivity index (χ2n) is 8.61. The zero-order valence-corrected chi connectivity index (χ0v) is 22.4. The highest BCUT2D eigenvalue weighted by molar-refractivity contribution is 7.92. The summed E-state index contributed by atoms with van der Waals surface area (Å²) in [5, 5.41) is 6.35. The molecular weight excluding hydrogens is 569 g/mol. The summed E-state index contributed by atoms with van der Waals surface area (Å²) in [7, 11) is -4.69. The van der Waals surface area contributed by atoms with Crippen LogP contribution in [0.1, 0.15) is 18.0 Å². The van der Waals surface area contributed by atoms with Gasteiger partial charge in [-0.1, -0.05) is 6.07 Å². The molecule has 0 radical (unpaired) electrons. The van der Waals surface area contributed by atoms with Gasteiger partial charge in [-0.25, -0.2) is 36.5 Å². The number of sulfonamides is 1. The number of aromatic nitrogens is 3. The Bertz CT molecular complexity index is 1690. The molecule has 1 saturated heterocycles. The Kier molecular flexibility index (Phi) is 7.80. The van der Waals surface area contributed by atoms with E-state index in [4.69, 9.17) is 4.74 Å². The molecule has 0 bridgehead atoms. The second kappa shape index (κ2) is 11.3. The predicted molar refractivity (Wildman–Crippen MR) is 142 cm³/mol. The number of amides is 1. The first-order valence-electron chi connectivity index (χ1n) is 11.8. The van der Waals surface area contributed by atoms with Crippen LogP contribution in [0.3, 0.4) is 0 Å². The van der Waals surface area contributed by atoms with E-state index < -0.39 is 38.1 Å². The van der Waals surface area contributed by atoms with Gasteiger partial charge in [0.15, 0.2) is 5.82 Å². The Morgan fingerprint density at radius 1 is 1.15 bits per heavy atom. The summed E-state index contributed by atoms with van der Waals surface area (Å²) in [4.78, 5) is 24.0. The van der Waals surface area contributed by atoms with Crippen LogP contribution in [0.15, 0.2) is 53.6 Å². The standard InChI is InChI=1S/C25H21F3N6O4S2/c1-13(35)31-25-30-8-7-18(32-25)23-22(33-24(39-23)19-12-38-10-9-29-19)15-3-2-4-17(21(15)28)34-40(36,37)20-11-14(26)5-6-16(20)27/h2-8,11,19,29,34H,9-10,12H2,1H3,(H,30,31,32,35). The molecule has 3 N–H and O–H groups in total. The van der Waals surface area contributed by atoms with Crippen molar-refractivity contribution >= 4 is 38.9 Å². The van der Waals surface area contributed by atoms with Crippen LogP contribution in [0.2, 0.25) is 0 Å². The van der Waals surface area contributed by atoms with Gasteiger partial charge < -0.3 is 10.1 Å². The van der Waals surface area contributed by atoms with E-state index in [1.54, 1.807) is 6.07 Å². The van der Waals surface area contributed by atoms with Crippen molar-refractivity contribution in [2.24, 2.45) is 0 Å². The molecule has 15 heteroatoms. The van der Waals surface area contributed by atoms with Gasteiger partial charge in [0.05, 0.1) is 41.2 Å². The van der Waals surface area contributed by atoms with Crippen LogP contribution in [0.4, 0.5) is 24.8 Å². The number of hydrogen-bond acceptors (Lipinski definition) is 9. The van der Waals surface area contributed by atoms with E-state index in [2.05, 4.69) is 25.6 Å². The number of nitrogens with one attached hydrogen (secondary N) is 3. The average Bonchev–Trinajstić information content (AvgIpc) is 3.37. The molecule has 10 nitrogen and oxygen atoms in total. The number of carbonyl (C=O) groups is 1. The van der Waals surface area contributed by atoms with Gasteiger partial charge in [-0.3, -0.25) is 14.8 Å². The smallest absolute Gasteiger partial charge is 0.265 e. The molecule has 2 aromatic carbocycles. The molecule has 1 fully saturated rings. The zero-order chi connectivity index (χ0) is 28.4. The number of benzene rings is 2. The lowest BCUT2D eigenvalue weighted by molar-refractivity contribution is -0.114. The second-order valence-corrected chi connectivity index (χ2v) is 11.3. The summed E-state index contributed by atoms with van der Waals surface area (Å²) in [5.74, 6) is -3.52. The largest absolute Gasteiger partial charge is 0.378 e. The third-order valence-electron chi connectivity index (χ3n) is 5.72. The highest BCUT2D eigenvalue weighted by Crippen LogP contribution is 2.41. The Labute approximate surface area is 230 Å². The molecule has 5 rings (SSSR count). The van der Waals surface area contributed by atoms with E-state index >= 15 is 4.39 Å². The lowest BCUT2D eigenvalue weighted by atomic mass is 10.1. The van der Waals surface area contributed by atoms with Gasteiger partial charge in [0, 0.05) is 25.2 Å². The number of anilines is 2. The Morgan fingerprint density at radius 2 is 1.98 bits per heavy atom. The van der Waals surface area contributed by atoms with E-state index in [-0.39, 0.29) is 29.2 Å². The van der Waals surface area contributed by atoms with Crippen LogP contribution >= 0.6 is 11.3 Å². The average molecular weight is 591 g/mol. The van der Waals surface area contributed by atoms with Crippen molar-refractivity contribution in [3.8, 4) is 21.8 Å². The molecule has 3 heterocycles. The van der Waals surface area contributed by atoms with E-state index in [0.717, 1.165) is 12.1 Å². The monoisotopic (exact) mass is 590 g/mol. The highest BCUT2D eigenvalue weighted by atomic mass is 32.2. The minimum atomic E-state index is -4.69. The van der Waals surface area contributed by atoms with Crippen molar-refractivity contribution in [1.82, 2.24) is 20.3 Å². The fourth-order valence-corrected chi connectivity index (χ4v) is 6.21. The number of ether oxygens (including phenoxy) is 1. The molecule has 4 aromatic rings. The Morgan fingerprint density at radius 3 is 2.73 bits per heavy atom. The van der Waals surface area contributed by atoms with Crippen LogP contribution in [-0.4, -0.2) is 49.0 Å². The van der Waals surface area contributed by atoms with Gasteiger partial charge in [0.25, 0.3) is 10.0 Å². The lowest BCUT2D eigenvalue weighted by Crippen LogP contribution is -2.34. The van der Waals surface area contributed by atoms with Crippen LogP contribution in [0, 0.1) is 17.5 Å². The number of hydrogen-bond donors (Lipinski definition) is 3. The van der Waals surface area contributed by atoms with Crippen molar-refractivity contribution < 1.29 is 31.1 Å². The molecular formula is C25H21F3N6O4S2. The van der Waals surface area contributed by atoms with Crippen molar-refractivity contribution in [3.05, 3.63) is 71.1 Å². The molecule has 0 aliphatic carbocycles. The molecule has 1 atom stereocenters. The SMILES string of the molecule is CC(=O)Nc1nccc(-c2sc(C3COCCN3)nc2-c2cccc(NS(=O)(=O)c3cc(F)ccc3F)c2F)n1. The number of carbonyl (C=O) groups excluding carboxylic acids is 1. The van der Waals surface area contributed by atoms with Crippen LogP contribution in [0.25, 0.3) is 21.8 Å². The summed E-state index contributed by atoms with van der Waals surface area (Å²) in [6.45, 7) is 2.74. The third kappa shape index (κ3) is 5.82. The maximum atomic E-state index is 15.9. The molecule has 208 valence electrons. The van der Waals surface area contributed by atoms with Gasteiger partial charge in [-0.2, -0.15) is 0 Å². The molecule has 1 unspecified atom stereocenters. The van der Waals surface area contributed by atoms with Crippen LogP contribution < -0.4 is 15.4 Å². The summed E-state index contributed by atoms with van der Waals surface area (Å²) in [5.41, 5.74) is -0.0898. The van der Waals surface area contributed by atoms with Gasteiger partial charge in [-0.05, 0) is 36.4 Å². The molecule has 1 amide bonds. The minimum absolute atomic E-state index is 0.0316. The van der Waals surface area contributed by atoms with E-state index in [9.17, 15) is 22.0 Å². The summed E-state index contributed by atoms with van der Waals surface area (Å²) >= 11 is 1.22. The van der Waals surface area contributed by atoms with E-state index in [1.807, 2.05) is 4.72 Å². The first kappa shape index (κ1) is 27.6. The normalized spacial score (nSPS) is 15.6. The molecule has 40 heavy (non-hydrogen) atoms. The fourth-order valence-electron chi connectivity index (χ4n) is 3.95. The number of halogens is 3. The first-order chi connectivity index (χ1) is 19.1. The number of morpholine rings is 1. The first-order valence-corrected chi connectivity index (χ1v) is 14.1. The van der Waals surface area contributed by atoms with Crippen molar-refractivity contribution in [1.29, 1.82) is 0 Å². The van der Waals surface area contributed by atoms with Crippen molar-refractivity contribution in [2.75, 3.05) is 29.8 Å². The maximum Gasteiger partial charge on any atom is 0.265 e. The van der Waals surface area contributed by atoms with E-state index in [0.29, 0.717) is 47.5 Å². The minimum Gasteiger partial charge on any atom is -0.378 e. The fraction of sp³-hybridized carbons (Fsp3) is 0.200.